The maximum absolute atomic E-state index is 12.2. The van der Waals surface area contributed by atoms with E-state index in [1.807, 2.05) is 13.8 Å². The molecule has 1 fully saturated rings. The van der Waals surface area contributed by atoms with Gasteiger partial charge in [-0.1, -0.05) is 0 Å². The van der Waals surface area contributed by atoms with Gasteiger partial charge in [-0.3, -0.25) is 4.79 Å². The van der Waals surface area contributed by atoms with Gasteiger partial charge in [-0.25, -0.2) is 9.50 Å². The Morgan fingerprint density at radius 3 is 2.80 bits per heavy atom. The fourth-order valence-electron chi connectivity index (χ4n) is 3.48. The van der Waals surface area contributed by atoms with E-state index < -0.39 is 24.2 Å². The minimum Gasteiger partial charge on any atom is -0.396 e. The lowest BCUT2D eigenvalue weighted by Gasteiger charge is -2.18. The number of aryl methyl sites for hydroxylation is 2. The summed E-state index contributed by atoms with van der Waals surface area (Å²) < 4.78 is 1.64. The maximum atomic E-state index is 12.2. The van der Waals surface area contributed by atoms with Gasteiger partial charge in [-0.15, -0.1) is 0 Å². The molecule has 4 N–H and O–H groups in total. The summed E-state index contributed by atoms with van der Waals surface area (Å²) >= 11 is 0. The number of hydrogen-bond donors (Lipinski definition) is 4. The molecule has 0 bridgehead atoms. The SMILES string of the molecule is Cc1nc2ncnn2c(C)c1CCC(=O)N[C@@H]1C[C@H](CO)[C@@H](O)[C@H]1O. The van der Waals surface area contributed by atoms with Gasteiger partial charge in [0, 0.05) is 30.3 Å². The molecule has 2 heterocycles. The van der Waals surface area contributed by atoms with Gasteiger partial charge < -0.3 is 20.6 Å². The van der Waals surface area contributed by atoms with Crippen LogP contribution in [0.3, 0.4) is 0 Å². The van der Waals surface area contributed by atoms with E-state index in [-0.39, 0.29) is 18.9 Å². The largest absolute Gasteiger partial charge is 0.396 e. The molecule has 0 radical (unpaired) electrons. The predicted octanol–water partition coefficient (Wildman–Crippen LogP) is -1.11. The molecule has 0 unspecified atom stereocenters. The lowest BCUT2D eigenvalue weighted by atomic mass is 10.1. The Morgan fingerprint density at radius 1 is 1.36 bits per heavy atom. The Bertz CT molecular complexity index is 777. The van der Waals surface area contributed by atoms with Crippen molar-refractivity contribution >= 4 is 11.7 Å². The Kier molecular flexibility index (Phi) is 4.98. The minimum atomic E-state index is -1.06. The van der Waals surface area contributed by atoms with Gasteiger partial charge in [0.15, 0.2) is 0 Å². The van der Waals surface area contributed by atoms with Gasteiger partial charge >= 0.3 is 0 Å². The van der Waals surface area contributed by atoms with Crippen LogP contribution in [0.25, 0.3) is 5.78 Å². The zero-order valence-corrected chi connectivity index (χ0v) is 14.3. The van der Waals surface area contributed by atoms with Gasteiger partial charge in [-0.05, 0) is 32.3 Å². The first-order valence-corrected chi connectivity index (χ1v) is 8.34. The van der Waals surface area contributed by atoms with Gasteiger partial charge in [0.2, 0.25) is 5.91 Å². The van der Waals surface area contributed by atoms with E-state index in [0.717, 1.165) is 17.0 Å². The van der Waals surface area contributed by atoms with Crippen molar-refractivity contribution in [3.05, 3.63) is 23.3 Å². The second-order valence-corrected chi connectivity index (χ2v) is 6.57. The van der Waals surface area contributed by atoms with Crippen molar-refractivity contribution in [2.45, 2.75) is 51.4 Å². The fraction of sp³-hybridized carbons (Fsp3) is 0.625. The Hall–Kier alpha value is -2.10. The van der Waals surface area contributed by atoms with E-state index in [9.17, 15) is 20.1 Å². The van der Waals surface area contributed by atoms with Crippen molar-refractivity contribution in [1.82, 2.24) is 24.9 Å². The first-order valence-electron chi connectivity index (χ1n) is 8.34. The van der Waals surface area contributed by atoms with E-state index >= 15 is 0 Å². The highest BCUT2D eigenvalue weighted by Crippen LogP contribution is 2.26. The monoisotopic (exact) mass is 349 g/mol. The molecule has 0 saturated heterocycles. The van der Waals surface area contributed by atoms with E-state index in [1.54, 1.807) is 4.52 Å². The molecule has 4 atom stereocenters. The molecule has 1 aliphatic rings. The number of nitrogens with one attached hydrogen (secondary N) is 1. The summed E-state index contributed by atoms with van der Waals surface area (Å²) in [6.45, 7) is 3.57. The van der Waals surface area contributed by atoms with Crippen molar-refractivity contribution in [2.75, 3.05) is 6.61 Å². The number of amides is 1. The molecule has 2 aromatic rings. The van der Waals surface area contributed by atoms with Crippen LogP contribution >= 0.6 is 0 Å². The summed E-state index contributed by atoms with van der Waals surface area (Å²) in [5, 5.41) is 35.8. The molecule has 3 rings (SSSR count). The van der Waals surface area contributed by atoms with Crippen LogP contribution in [0.15, 0.2) is 6.33 Å². The van der Waals surface area contributed by atoms with Crippen LogP contribution in [0.4, 0.5) is 0 Å². The van der Waals surface area contributed by atoms with Crippen molar-refractivity contribution < 1.29 is 20.1 Å². The molecule has 1 amide bonds. The first-order chi connectivity index (χ1) is 11.9. The van der Waals surface area contributed by atoms with E-state index in [1.165, 1.54) is 6.33 Å². The second-order valence-electron chi connectivity index (χ2n) is 6.57. The number of aliphatic hydroxyl groups excluding tert-OH is 3. The van der Waals surface area contributed by atoms with E-state index in [4.69, 9.17) is 0 Å². The van der Waals surface area contributed by atoms with Crippen LogP contribution < -0.4 is 5.32 Å². The molecule has 0 spiro atoms. The average molecular weight is 349 g/mol. The normalized spacial score (nSPS) is 26.3. The third-order valence-corrected chi connectivity index (χ3v) is 4.97. The summed E-state index contributed by atoms with van der Waals surface area (Å²) in [6.07, 6.45) is 0.440. The molecular formula is C16H23N5O4. The summed E-state index contributed by atoms with van der Waals surface area (Å²) in [7, 11) is 0. The lowest BCUT2D eigenvalue weighted by molar-refractivity contribution is -0.122. The van der Waals surface area contributed by atoms with Crippen LogP contribution in [0.2, 0.25) is 0 Å². The number of aliphatic hydroxyl groups is 3. The third kappa shape index (κ3) is 3.35. The van der Waals surface area contributed by atoms with Crippen molar-refractivity contribution in [3.8, 4) is 0 Å². The standard InChI is InChI=1S/C16H23N5O4/c1-8-11(9(2)21-16(19-8)17-7-18-21)3-4-13(23)20-12-5-10(6-22)14(24)15(12)25/h7,10,12,14-15,22,24-25H,3-6H2,1-2H3,(H,20,23)/t10-,12-,14-,15+/m1/s1. The highest BCUT2D eigenvalue weighted by atomic mass is 16.3. The molecule has 0 aliphatic heterocycles. The summed E-state index contributed by atoms with van der Waals surface area (Å²) in [5.41, 5.74) is 2.64. The van der Waals surface area contributed by atoms with Crippen LogP contribution in [-0.2, 0) is 11.2 Å². The van der Waals surface area contributed by atoms with Gasteiger partial charge in [0.25, 0.3) is 5.78 Å². The number of hydrogen-bond acceptors (Lipinski definition) is 7. The Morgan fingerprint density at radius 2 is 2.12 bits per heavy atom. The fourth-order valence-corrected chi connectivity index (χ4v) is 3.48. The molecule has 9 heteroatoms. The molecule has 2 aromatic heterocycles. The summed E-state index contributed by atoms with van der Waals surface area (Å²) in [6, 6.07) is -0.544. The molecule has 25 heavy (non-hydrogen) atoms. The van der Waals surface area contributed by atoms with Crippen LogP contribution in [-0.4, -0.2) is 65.7 Å². The Labute approximate surface area is 144 Å². The maximum Gasteiger partial charge on any atom is 0.252 e. The summed E-state index contributed by atoms with van der Waals surface area (Å²) in [4.78, 5) is 20.7. The van der Waals surface area contributed by atoms with Crippen LogP contribution in [0, 0.1) is 19.8 Å². The molecule has 9 nitrogen and oxygen atoms in total. The smallest absolute Gasteiger partial charge is 0.252 e. The number of carbonyl (C=O) groups excluding carboxylic acids is 1. The predicted molar refractivity (Wildman–Crippen MR) is 87.7 cm³/mol. The van der Waals surface area contributed by atoms with Gasteiger partial charge in [0.1, 0.15) is 12.4 Å². The van der Waals surface area contributed by atoms with E-state index in [2.05, 4.69) is 20.4 Å². The zero-order valence-electron chi connectivity index (χ0n) is 14.3. The highest BCUT2D eigenvalue weighted by Gasteiger charge is 2.41. The Balaban J connectivity index is 1.63. The highest BCUT2D eigenvalue weighted by molar-refractivity contribution is 5.76. The van der Waals surface area contributed by atoms with E-state index in [0.29, 0.717) is 18.6 Å². The van der Waals surface area contributed by atoms with Crippen molar-refractivity contribution in [2.24, 2.45) is 5.92 Å². The average Bonchev–Trinajstić information content (AvgIpc) is 3.14. The number of carbonyl (C=O) groups is 1. The molecule has 1 aliphatic carbocycles. The molecule has 0 aromatic carbocycles. The topological polar surface area (TPSA) is 133 Å². The number of rotatable bonds is 5. The minimum absolute atomic E-state index is 0.215. The number of fused-ring (bicyclic) bond motifs is 1. The lowest BCUT2D eigenvalue weighted by Crippen LogP contribution is -2.43. The van der Waals surface area contributed by atoms with Crippen molar-refractivity contribution in [1.29, 1.82) is 0 Å². The van der Waals surface area contributed by atoms with Crippen LogP contribution in [0.1, 0.15) is 29.8 Å². The zero-order chi connectivity index (χ0) is 18.1. The van der Waals surface area contributed by atoms with Crippen molar-refractivity contribution in [3.63, 3.8) is 0 Å². The van der Waals surface area contributed by atoms with Crippen LogP contribution in [0.5, 0.6) is 0 Å². The number of aromatic nitrogens is 4. The number of nitrogens with zero attached hydrogens (tertiary/aromatic N) is 4. The third-order valence-electron chi connectivity index (χ3n) is 4.97. The molecule has 1 saturated carbocycles. The second kappa shape index (κ2) is 7.03. The van der Waals surface area contributed by atoms with Gasteiger partial charge in [-0.2, -0.15) is 10.1 Å². The first kappa shape index (κ1) is 17.7. The van der Waals surface area contributed by atoms with Gasteiger partial charge in [0.05, 0.1) is 12.1 Å². The summed E-state index contributed by atoms with van der Waals surface area (Å²) in [5.74, 6) is -0.0997. The molecule has 136 valence electrons. The quantitative estimate of drug-likeness (QED) is 0.538. The molecular weight excluding hydrogens is 326 g/mol.